The number of fused-ring (bicyclic) bond motifs is 1. The Balaban J connectivity index is 1.76. The van der Waals surface area contributed by atoms with Crippen molar-refractivity contribution in [2.75, 3.05) is 5.32 Å². The van der Waals surface area contributed by atoms with E-state index in [9.17, 15) is 18.0 Å². The van der Waals surface area contributed by atoms with Gasteiger partial charge in [0.25, 0.3) is 0 Å². The normalized spacial score (nSPS) is 11.9. The van der Waals surface area contributed by atoms with E-state index in [1.165, 1.54) is 16.6 Å². The lowest BCUT2D eigenvalue weighted by molar-refractivity contribution is -0.137. The van der Waals surface area contributed by atoms with Crippen LogP contribution in [-0.4, -0.2) is 20.5 Å². The van der Waals surface area contributed by atoms with Gasteiger partial charge in [0.05, 0.1) is 34.8 Å². The first-order valence-corrected chi connectivity index (χ1v) is 10.8. The molecule has 0 spiro atoms. The fraction of sp³-hybridized carbons (Fsp3) is 0.231. The maximum atomic E-state index is 13.6. The summed E-state index contributed by atoms with van der Waals surface area (Å²) in [5.41, 5.74) is 1.77. The molecule has 1 amide bonds. The number of nitrogens with zero attached hydrogens (tertiary/aromatic N) is 4. The lowest BCUT2D eigenvalue weighted by Crippen LogP contribution is -2.27. The molecule has 0 aliphatic carbocycles. The van der Waals surface area contributed by atoms with E-state index in [-0.39, 0.29) is 22.7 Å². The Labute approximate surface area is 200 Å². The number of benzene rings is 2. The molecule has 0 fully saturated rings. The number of halogens is 3. The first-order chi connectivity index (χ1) is 16.4. The van der Waals surface area contributed by atoms with Crippen LogP contribution in [0.2, 0.25) is 0 Å². The van der Waals surface area contributed by atoms with E-state index >= 15 is 0 Å². The van der Waals surface area contributed by atoms with Crippen LogP contribution in [0.4, 0.5) is 18.9 Å². The Kier molecular flexibility index (Phi) is 5.85. The summed E-state index contributed by atoms with van der Waals surface area (Å²) in [7, 11) is 0. The molecule has 0 saturated carbocycles. The third kappa shape index (κ3) is 4.87. The van der Waals surface area contributed by atoms with Crippen LogP contribution in [0.5, 0.6) is 0 Å². The van der Waals surface area contributed by atoms with Crippen LogP contribution in [0.25, 0.3) is 28.2 Å². The lowest BCUT2D eigenvalue weighted by Gasteiger charge is -2.19. The largest absolute Gasteiger partial charge is 0.417 e. The molecule has 2 aromatic carbocycles. The van der Waals surface area contributed by atoms with E-state index < -0.39 is 17.2 Å². The molecule has 9 heteroatoms. The molecule has 0 aliphatic rings. The molecule has 0 radical (unpaired) electrons. The number of amides is 1. The highest BCUT2D eigenvalue weighted by molar-refractivity contribution is 5.95. The highest BCUT2D eigenvalue weighted by Crippen LogP contribution is 2.37. The van der Waals surface area contributed by atoms with Gasteiger partial charge in [0.1, 0.15) is 0 Å². The Morgan fingerprint density at radius 1 is 1.03 bits per heavy atom. The second-order valence-corrected chi connectivity index (χ2v) is 9.25. The molecule has 1 N–H and O–H groups in total. The average Bonchev–Trinajstić information content (AvgIpc) is 3.22. The number of aromatic nitrogens is 3. The number of carbonyl (C=O) groups is 1. The highest BCUT2D eigenvalue weighted by atomic mass is 19.4. The Hall–Kier alpha value is -4.19. The van der Waals surface area contributed by atoms with Crippen LogP contribution in [0.15, 0.2) is 54.7 Å². The minimum atomic E-state index is -4.60. The van der Waals surface area contributed by atoms with Crippen molar-refractivity contribution in [3.05, 3.63) is 71.4 Å². The van der Waals surface area contributed by atoms with Crippen LogP contribution in [-0.2, 0) is 11.0 Å². The van der Waals surface area contributed by atoms with Crippen molar-refractivity contribution in [3.8, 4) is 28.6 Å². The van der Waals surface area contributed by atoms with Crippen molar-refractivity contribution in [1.82, 2.24) is 14.6 Å². The van der Waals surface area contributed by atoms with E-state index in [4.69, 9.17) is 5.26 Å². The fourth-order valence-electron chi connectivity index (χ4n) is 3.46. The van der Waals surface area contributed by atoms with Gasteiger partial charge in [-0.1, -0.05) is 32.9 Å². The molecule has 35 heavy (non-hydrogen) atoms. The van der Waals surface area contributed by atoms with Crippen LogP contribution in [0, 0.1) is 23.7 Å². The Bertz CT molecular complexity index is 1490. The molecule has 0 aliphatic heterocycles. The van der Waals surface area contributed by atoms with E-state index in [0.717, 1.165) is 17.7 Å². The van der Waals surface area contributed by atoms with Crippen LogP contribution in [0.1, 0.15) is 37.5 Å². The quantitative estimate of drug-likeness (QED) is 0.378. The van der Waals surface area contributed by atoms with Gasteiger partial charge in [0, 0.05) is 22.2 Å². The molecule has 6 nitrogen and oxygen atoms in total. The number of nitrogens with one attached hydrogen (secondary N) is 1. The summed E-state index contributed by atoms with van der Waals surface area (Å²) in [6.45, 7) is 7.35. The summed E-state index contributed by atoms with van der Waals surface area (Å²) < 4.78 is 42.2. The standard InChI is InChI=1S/C26H22F3N5O/c1-15-5-7-17(12-21(15)32-24(35)25(2,3)4)22-14-34-23(31-22)10-9-20(33-34)18-11-16(13-30)6-8-19(18)26(27,28)29/h5-12,14H,1-4H3,(H,32,35). The van der Waals surface area contributed by atoms with E-state index in [1.807, 2.05) is 45.9 Å². The second-order valence-electron chi connectivity index (χ2n) is 9.25. The number of rotatable bonds is 3. The number of hydrogen-bond donors (Lipinski definition) is 1. The summed E-state index contributed by atoms with van der Waals surface area (Å²) in [5, 5.41) is 16.4. The maximum Gasteiger partial charge on any atom is 0.417 e. The number of nitriles is 1. The monoisotopic (exact) mass is 477 g/mol. The van der Waals surface area contributed by atoms with E-state index in [1.54, 1.807) is 18.3 Å². The van der Waals surface area contributed by atoms with Crippen molar-refractivity contribution in [3.63, 3.8) is 0 Å². The first kappa shape index (κ1) is 24.0. The van der Waals surface area contributed by atoms with E-state index in [2.05, 4.69) is 15.4 Å². The minimum absolute atomic E-state index is 0.0629. The van der Waals surface area contributed by atoms with Crippen molar-refractivity contribution >= 4 is 17.2 Å². The average molecular weight is 477 g/mol. The van der Waals surface area contributed by atoms with Crippen LogP contribution < -0.4 is 5.32 Å². The Morgan fingerprint density at radius 3 is 2.43 bits per heavy atom. The molecule has 0 bridgehead atoms. The number of hydrogen-bond acceptors (Lipinski definition) is 4. The number of alkyl halides is 3. The van der Waals surface area contributed by atoms with Gasteiger partial charge in [-0.15, -0.1) is 0 Å². The number of aryl methyl sites for hydroxylation is 1. The molecule has 2 aromatic heterocycles. The Morgan fingerprint density at radius 2 is 1.77 bits per heavy atom. The molecular formula is C26H22F3N5O. The van der Waals surface area contributed by atoms with Gasteiger partial charge in [-0.3, -0.25) is 4.79 Å². The smallest absolute Gasteiger partial charge is 0.325 e. The molecule has 0 atom stereocenters. The number of imidazole rings is 1. The molecule has 0 saturated heterocycles. The predicted octanol–water partition coefficient (Wildman–Crippen LogP) is 6.25. The number of anilines is 1. The van der Waals surface area contributed by atoms with Crippen molar-refractivity contribution in [1.29, 1.82) is 5.26 Å². The van der Waals surface area contributed by atoms with Crippen molar-refractivity contribution in [2.24, 2.45) is 5.41 Å². The van der Waals surface area contributed by atoms with Gasteiger partial charge in [-0.05, 0) is 48.9 Å². The van der Waals surface area contributed by atoms with Gasteiger partial charge in [0.2, 0.25) is 5.91 Å². The zero-order valence-corrected chi connectivity index (χ0v) is 19.5. The minimum Gasteiger partial charge on any atom is -0.325 e. The molecule has 4 rings (SSSR count). The summed E-state index contributed by atoms with van der Waals surface area (Å²) in [5.74, 6) is -0.126. The third-order valence-corrected chi connectivity index (χ3v) is 5.51. The van der Waals surface area contributed by atoms with Crippen molar-refractivity contribution in [2.45, 2.75) is 33.9 Å². The third-order valence-electron chi connectivity index (χ3n) is 5.51. The van der Waals surface area contributed by atoms with Gasteiger partial charge < -0.3 is 5.32 Å². The lowest BCUT2D eigenvalue weighted by atomic mass is 9.95. The van der Waals surface area contributed by atoms with E-state index in [0.29, 0.717) is 22.6 Å². The van der Waals surface area contributed by atoms with Crippen LogP contribution >= 0.6 is 0 Å². The summed E-state index contributed by atoms with van der Waals surface area (Å²) >= 11 is 0. The molecule has 178 valence electrons. The van der Waals surface area contributed by atoms with Crippen LogP contribution in [0.3, 0.4) is 0 Å². The SMILES string of the molecule is Cc1ccc(-c2cn3nc(-c4cc(C#N)ccc4C(F)(F)F)ccc3n2)cc1NC(=O)C(C)(C)C. The zero-order valence-electron chi connectivity index (χ0n) is 19.5. The summed E-state index contributed by atoms with van der Waals surface area (Å²) in [4.78, 5) is 17.0. The molecular weight excluding hydrogens is 455 g/mol. The summed E-state index contributed by atoms with van der Waals surface area (Å²) in [6, 6.07) is 13.6. The van der Waals surface area contributed by atoms with Gasteiger partial charge >= 0.3 is 6.18 Å². The zero-order chi connectivity index (χ0) is 25.5. The predicted molar refractivity (Wildman–Crippen MR) is 126 cm³/mol. The fourth-order valence-corrected chi connectivity index (χ4v) is 3.46. The first-order valence-electron chi connectivity index (χ1n) is 10.8. The topological polar surface area (TPSA) is 83.1 Å². The molecule has 4 aromatic rings. The summed E-state index contributed by atoms with van der Waals surface area (Å²) in [6.07, 6.45) is -2.99. The molecule has 2 heterocycles. The van der Waals surface area contributed by atoms with Gasteiger partial charge in [0.15, 0.2) is 5.65 Å². The van der Waals surface area contributed by atoms with Gasteiger partial charge in [-0.25, -0.2) is 9.50 Å². The second kappa shape index (κ2) is 8.55. The maximum absolute atomic E-state index is 13.6. The highest BCUT2D eigenvalue weighted by Gasteiger charge is 2.34. The molecule has 0 unspecified atom stereocenters. The van der Waals surface area contributed by atoms with Gasteiger partial charge in [-0.2, -0.15) is 23.5 Å². The number of carbonyl (C=O) groups excluding carboxylic acids is 1. The van der Waals surface area contributed by atoms with Crippen molar-refractivity contribution < 1.29 is 18.0 Å².